The molecule has 0 amide bonds. The van der Waals surface area contributed by atoms with E-state index in [1.165, 1.54) is 18.9 Å². The van der Waals surface area contributed by atoms with E-state index in [4.69, 9.17) is 9.47 Å². The van der Waals surface area contributed by atoms with Gasteiger partial charge in [0.05, 0.1) is 13.2 Å². The Labute approximate surface area is 140 Å². The maximum absolute atomic E-state index is 11.9. The number of benzene rings is 1. The molecule has 3 nitrogen and oxygen atoms in total. The predicted octanol–water partition coefficient (Wildman–Crippen LogP) is 5.25. The molecule has 0 heterocycles. The number of esters is 1. The molecule has 0 N–H and O–H groups in total. The van der Waals surface area contributed by atoms with Crippen molar-refractivity contribution in [2.45, 2.75) is 52.9 Å². The van der Waals surface area contributed by atoms with E-state index in [1.54, 1.807) is 6.08 Å². The van der Waals surface area contributed by atoms with E-state index in [-0.39, 0.29) is 5.97 Å². The zero-order valence-electron chi connectivity index (χ0n) is 14.7. The van der Waals surface area contributed by atoms with Crippen LogP contribution in [0.2, 0.25) is 0 Å². The van der Waals surface area contributed by atoms with Crippen molar-refractivity contribution in [2.75, 3.05) is 13.2 Å². The molecule has 0 saturated heterocycles. The van der Waals surface area contributed by atoms with Crippen LogP contribution in [0.4, 0.5) is 0 Å². The second-order valence-corrected chi connectivity index (χ2v) is 5.77. The van der Waals surface area contributed by atoms with Gasteiger partial charge in [0.15, 0.2) is 0 Å². The lowest BCUT2D eigenvalue weighted by molar-refractivity contribution is -0.139. The molecule has 0 aromatic heterocycles. The summed E-state index contributed by atoms with van der Waals surface area (Å²) < 4.78 is 11.0. The second-order valence-electron chi connectivity index (χ2n) is 5.77. The monoisotopic (exact) mass is 318 g/mol. The van der Waals surface area contributed by atoms with E-state index in [1.807, 2.05) is 24.3 Å². The highest BCUT2D eigenvalue weighted by Gasteiger charge is 2.08. The summed E-state index contributed by atoms with van der Waals surface area (Å²) in [6.07, 6.45) is 8.74. The lowest BCUT2D eigenvalue weighted by atomic mass is 10.0. The van der Waals surface area contributed by atoms with Crippen molar-refractivity contribution < 1.29 is 14.3 Å². The van der Waals surface area contributed by atoms with Gasteiger partial charge in [0, 0.05) is 11.6 Å². The van der Waals surface area contributed by atoms with Crippen LogP contribution in [0.15, 0.2) is 30.3 Å². The van der Waals surface area contributed by atoms with Crippen molar-refractivity contribution >= 4 is 12.0 Å². The van der Waals surface area contributed by atoms with Gasteiger partial charge in [-0.05, 0) is 30.9 Å². The van der Waals surface area contributed by atoms with Crippen LogP contribution in [0, 0.1) is 5.92 Å². The van der Waals surface area contributed by atoms with Crippen molar-refractivity contribution in [3.8, 4) is 5.75 Å². The third-order valence-electron chi connectivity index (χ3n) is 3.78. The molecule has 1 aromatic carbocycles. The molecule has 0 aliphatic carbocycles. The fourth-order valence-electron chi connectivity index (χ4n) is 2.27. The molecule has 0 radical (unpaired) electrons. The fourth-order valence-corrected chi connectivity index (χ4v) is 2.27. The molecule has 0 spiro atoms. The zero-order chi connectivity index (χ0) is 16.9. The van der Waals surface area contributed by atoms with Crippen LogP contribution in [0.1, 0.15) is 58.4 Å². The van der Waals surface area contributed by atoms with Gasteiger partial charge in [-0.3, -0.25) is 0 Å². The highest BCUT2D eigenvalue weighted by molar-refractivity contribution is 5.87. The first-order chi connectivity index (χ1) is 11.2. The van der Waals surface area contributed by atoms with Crippen molar-refractivity contribution in [3.05, 3.63) is 35.9 Å². The van der Waals surface area contributed by atoms with E-state index in [0.717, 1.165) is 30.6 Å². The molecule has 0 saturated carbocycles. The number of carbonyl (C=O) groups excluding carboxylic acids is 1. The van der Waals surface area contributed by atoms with Gasteiger partial charge in [-0.25, -0.2) is 4.79 Å². The van der Waals surface area contributed by atoms with Crippen LogP contribution >= 0.6 is 0 Å². The van der Waals surface area contributed by atoms with Gasteiger partial charge in [0.2, 0.25) is 0 Å². The molecule has 1 aromatic rings. The minimum atomic E-state index is -0.287. The third-order valence-corrected chi connectivity index (χ3v) is 3.78. The van der Waals surface area contributed by atoms with Gasteiger partial charge in [-0.15, -0.1) is 0 Å². The van der Waals surface area contributed by atoms with Crippen LogP contribution in [0.5, 0.6) is 5.75 Å². The molecule has 0 aliphatic heterocycles. The van der Waals surface area contributed by atoms with Gasteiger partial charge >= 0.3 is 5.97 Å². The number of unbranched alkanes of at least 4 members (excludes halogenated alkanes) is 1. The maximum Gasteiger partial charge on any atom is 0.330 e. The van der Waals surface area contributed by atoms with Gasteiger partial charge in [0.25, 0.3) is 0 Å². The Balaban J connectivity index is 2.51. The van der Waals surface area contributed by atoms with Crippen molar-refractivity contribution in [1.82, 2.24) is 0 Å². The lowest BCUT2D eigenvalue weighted by Crippen LogP contribution is -2.12. The summed E-state index contributed by atoms with van der Waals surface area (Å²) in [4.78, 5) is 11.9. The molecule has 0 aliphatic rings. The summed E-state index contributed by atoms with van der Waals surface area (Å²) in [7, 11) is 0. The number of hydrogen-bond donors (Lipinski definition) is 0. The average molecular weight is 318 g/mol. The first-order valence-corrected chi connectivity index (χ1v) is 8.77. The van der Waals surface area contributed by atoms with E-state index in [0.29, 0.717) is 19.1 Å². The Morgan fingerprint density at radius 3 is 2.65 bits per heavy atom. The molecule has 3 heteroatoms. The minimum Gasteiger partial charge on any atom is -0.493 e. The van der Waals surface area contributed by atoms with Gasteiger partial charge in [-0.1, -0.05) is 58.2 Å². The van der Waals surface area contributed by atoms with E-state index in [2.05, 4.69) is 20.8 Å². The first-order valence-electron chi connectivity index (χ1n) is 8.77. The molecule has 128 valence electrons. The standard InChI is InChI=1S/C20H30O3/c1-4-7-10-17(6-3)16-23-20(21)14-13-18-11-8-9-12-19(18)22-15-5-2/h8-9,11-14,17H,4-7,10,15-16H2,1-3H3. The molecular formula is C20H30O3. The van der Waals surface area contributed by atoms with Crippen LogP contribution in [0.3, 0.4) is 0 Å². The van der Waals surface area contributed by atoms with Crippen LogP contribution in [-0.2, 0) is 9.53 Å². The molecule has 23 heavy (non-hydrogen) atoms. The van der Waals surface area contributed by atoms with E-state index < -0.39 is 0 Å². The molecule has 1 unspecified atom stereocenters. The third kappa shape index (κ3) is 7.87. The number of ether oxygens (including phenoxy) is 2. The van der Waals surface area contributed by atoms with Crippen molar-refractivity contribution in [3.63, 3.8) is 0 Å². The predicted molar refractivity (Wildman–Crippen MR) is 95.5 cm³/mol. The topological polar surface area (TPSA) is 35.5 Å². The lowest BCUT2D eigenvalue weighted by Gasteiger charge is -2.13. The van der Waals surface area contributed by atoms with Crippen LogP contribution in [0.25, 0.3) is 6.08 Å². The molecular weight excluding hydrogens is 288 g/mol. The minimum absolute atomic E-state index is 0.287. The Morgan fingerprint density at radius 2 is 1.96 bits per heavy atom. The summed E-state index contributed by atoms with van der Waals surface area (Å²) in [6.45, 7) is 7.57. The second kappa shape index (κ2) is 11.8. The number of carbonyl (C=O) groups is 1. The quantitative estimate of drug-likeness (QED) is 0.413. The first kappa shape index (κ1) is 19.3. The Morgan fingerprint density at radius 1 is 1.17 bits per heavy atom. The Kier molecular flexibility index (Phi) is 9.85. The summed E-state index contributed by atoms with van der Waals surface area (Å²) in [5.41, 5.74) is 0.899. The smallest absolute Gasteiger partial charge is 0.330 e. The maximum atomic E-state index is 11.9. The van der Waals surface area contributed by atoms with Crippen LogP contribution in [-0.4, -0.2) is 19.2 Å². The highest BCUT2D eigenvalue weighted by Crippen LogP contribution is 2.20. The SMILES string of the molecule is CCCCC(CC)COC(=O)C=Cc1ccccc1OCCC. The van der Waals surface area contributed by atoms with Gasteiger partial charge < -0.3 is 9.47 Å². The van der Waals surface area contributed by atoms with E-state index in [9.17, 15) is 4.79 Å². The fraction of sp³-hybridized carbons (Fsp3) is 0.550. The largest absolute Gasteiger partial charge is 0.493 e. The van der Waals surface area contributed by atoms with Gasteiger partial charge in [0.1, 0.15) is 5.75 Å². The van der Waals surface area contributed by atoms with Crippen molar-refractivity contribution in [1.29, 1.82) is 0 Å². The zero-order valence-corrected chi connectivity index (χ0v) is 14.7. The normalized spacial score (nSPS) is 12.3. The number of para-hydroxylation sites is 1. The highest BCUT2D eigenvalue weighted by atomic mass is 16.5. The average Bonchev–Trinajstić information content (AvgIpc) is 2.59. The molecule has 1 rings (SSSR count). The molecule has 0 bridgehead atoms. The number of hydrogen-bond acceptors (Lipinski definition) is 3. The number of rotatable bonds is 11. The Hall–Kier alpha value is -1.77. The summed E-state index contributed by atoms with van der Waals surface area (Å²) >= 11 is 0. The summed E-state index contributed by atoms with van der Waals surface area (Å²) in [5, 5.41) is 0. The summed E-state index contributed by atoms with van der Waals surface area (Å²) in [5.74, 6) is 0.977. The summed E-state index contributed by atoms with van der Waals surface area (Å²) in [6, 6.07) is 7.71. The molecule has 1 atom stereocenters. The van der Waals surface area contributed by atoms with Gasteiger partial charge in [-0.2, -0.15) is 0 Å². The van der Waals surface area contributed by atoms with Crippen LogP contribution < -0.4 is 4.74 Å². The van der Waals surface area contributed by atoms with E-state index >= 15 is 0 Å². The van der Waals surface area contributed by atoms with Crippen molar-refractivity contribution in [2.24, 2.45) is 5.92 Å². The molecule has 0 fully saturated rings. The Bertz CT molecular complexity index is 480.